The van der Waals surface area contributed by atoms with Crippen molar-refractivity contribution >= 4 is 29.3 Å². The zero-order valence-corrected chi connectivity index (χ0v) is 15.5. The molecule has 1 aromatic carbocycles. The van der Waals surface area contributed by atoms with E-state index in [4.69, 9.17) is 27.2 Å². The predicted octanol–water partition coefficient (Wildman–Crippen LogP) is 2.71. The van der Waals surface area contributed by atoms with Crippen molar-refractivity contribution in [1.29, 1.82) is 0 Å². The second-order valence-electron chi connectivity index (χ2n) is 6.27. The summed E-state index contributed by atoms with van der Waals surface area (Å²) in [6, 6.07) is 6.75. The Morgan fingerprint density at radius 1 is 1.36 bits per heavy atom. The van der Waals surface area contributed by atoms with E-state index in [1.54, 1.807) is 29.2 Å². The highest BCUT2D eigenvalue weighted by atomic mass is 35.5. The van der Waals surface area contributed by atoms with Gasteiger partial charge in [-0.05, 0) is 30.3 Å². The number of amides is 2. The molecule has 0 spiro atoms. The van der Waals surface area contributed by atoms with E-state index >= 15 is 0 Å². The number of benzene rings is 1. The first-order valence-corrected chi connectivity index (χ1v) is 8.84. The van der Waals surface area contributed by atoms with Crippen LogP contribution in [0.15, 0.2) is 36.5 Å². The Labute approximate surface area is 165 Å². The molecular weight excluding hydrogens is 391 g/mol. The Balaban J connectivity index is 1.63. The standard InChI is InChI=1S/C18H18ClFN4O4/c19-11-7-15(20)17(22-9-11)28-14-3-1-13(2-4-14)24-6-5-23(18(24)27)10-12(21)8-16(25)26/h1-4,7,9,12H,5-6,8,10,21H2,(H,25,26)/t12-/m0/s1. The molecule has 10 heteroatoms. The maximum Gasteiger partial charge on any atom is 0.324 e. The van der Waals surface area contributed by atoms with Crippen LogP contribution in [0.5, 0.6) is 11.6 Å². The lowest BCUT2D eigenvalue weighted by Crippen LogP contribution is -2.41. The highest BCUT2D eigenvalue weighted by molar-refractivity contribution is 6.30. The molecule has 1 saturated heterocycles. The summed E-state index contributed by atoms with van der Waals surface area (Å²) >= 11 is 5.66. The summed E-state index contributed by atoms with van der Waals surface area (Å²) in [5, 5.41) is 8.94. The second kappa shape index (κ2) is 8.41. The van der Waals surface area contributed by atoms with E-state index in [0.717, 1.165) is 6.07 Å². The first kappa shape index (κ1) is 19.8. The SMILES string of the molecule is N[C@@H](CC(=O)O)CN1CCN(c2ccc(Oc3ncc(Cl)cc3F)cc2)C1=O. The Hall–Kier alpha value is -2.91. The van der Waals surface area contributed by atoms with Crippen molar-refractivity contribution in [1.82, 2.24) is 9.88 Å². The van der Waals surface area contributed by atoms with Gasteiger partial charge in [-0.15, -0.1) is 0 Å². The number of hydrogen-bond donors (Lipinski definition) is 2. The van der Waals surface area contributed by atoms with Gasteiger partial charge in [-0.25, -0.2) is 14.2 Å². The van der Waals surface area contributed by atoms with E-state index in [9.17, 15) is 14.0 Å². The molecule has 2 amide bonds. The molecule has 8 nitrogen and oxygen atoms in total. The number of rotatable bonds is 7. The van der Waals surface area contributed by atoms with Crippen LogP contribution in [0.25, 0.3) is 0 Å². The smallest absolute Gasteiger partial charge is 0.324 e. The third-order valence-corrected chi connectivity index (χ3v) is 4.33. The largest absolute Gasteiger partial charge is 0.481 e. The minimum atomic E-state index is -1.00. The highest BCUT2D eigenvalue weighted by Crippen LogP contribution is 2.27. The van der Waals surface area contributed by atoms with Crippen LogP contribution >= 0.6 is 11.6 Å². The van der Waals surface area contributed by atoms with Crippen LogP contribution in [0, 0.1) is 5.82 Å². The Morgan fingerprint density at radius 2 is 2.07 bits per heavy atom. The van der Waals surface area contributed by atoms with Crippen molar-refractivity contribution in [3.8, 4) is 11.6 Å². The number of ether oxygens (including phenoxy) is 1. The molecule has 3 N–H and O–H groups in total. The highest BCUT2D eigenvalue weighted by Gasteiger charge is 2.30. The van der Waals surface area contributed by atoms with Gasteiger partial charge in [0.25, 0.3) is 5.88 Å². The van der Waals surface area contributed by atoms with Crippen molar-refractivity contribution < 1.29 is 23.8 Å². The van der Waals surface area contributed by atoms with Crippen LogP contribution in [0.2, 0.25) is 5.02 Å². The van der Waals surface area contributed by atoms with Gasteiger partial charge in [0.2, 0.25) is 0 Å². The number of nitrogens with two attached hydrogens (primary N) is 1. The molecule has 0 aliphatic carbocycles. The van der Waals surface area contributed by atoms with Crippen molar-refractivity contribution in [2.75, 3.05) is 24.5 Å². The average molecular weight is 409 g/mol. The first-order valence-electron chi connectivity index (χ1n) is 8.46. The van der Waals surface area contributed by atoms with Crippen molar-refractivity contribution in [3.63, 3.8) is 0 Å². The van der Waals surface area contributed by atoms with E-state index < -0.39 is 17.8 Å². The van der Waals surface area contributed by atoms with Gasteiger partial charge in [0.1, 0.15) is 5.75 Å². The quantitative estimate of drug-likeness (QED) is 0.729. The summed E-state index contributed by atoms with van der Waals surface area (Å²) in [6.45, 7) is 1.07. The van der Waals surface area contributed by atoms with Gasteiger partial charge in [0, 0.05) is 37.6 Å². The third-order valence-electron chi connectivity index (χ3n) is 4.12. The topological polar surface area (TPSA) is 109 Å². The zero-order chi connectivity index (χ0) is 20.3. The molecule has 1 fully saturated rings. The number of hydrogen-bond acceptors (Lipinski definition) is 5. The van der Waals surface area contributed by atoms with E-state index in [-0.39, 0.29) is 29.9 Å². The van der Waals surface area contributed by atoms with Gasteiger partial charge in [0.15, 0.2) is 5.82 Å². The number of anilines is 1. The molecule has 28 heavy (non-hydrogen) atoms. The molecule has 0 radical (unpaired) electrons. The van der Waals surface area contributed by atoms with Crippen molar-refractivity contribution in [2.45, 2.75) is 12.5 Å². The number of carbonyl (C=O) groups excluding carboxylic acids is 1. The van der Waals surface area contributed by atoms with Crippen LogP contribution in [0.4, 0.5) is 14.9 Å². The minimum Gasteiger partial charge on any atom is -0.481 e. The monoisotopic (exact) mass is 408 g/mol. The first-order chi connectivity index (χ1) is 13.3. The van der Waals surface area contributed by atoms with Gasteiger partial charge in [-0.3, -0.25) is 9.69 Å². The molecular formula is C18H18ClFN4O4. The van der Waals surface area contributed by atoms with E-state index in [1.807, 2.05) is 0 Å². The number of carboxylic acid groups (broad SMARTS) is 1. The van der Waals surface area contributed by atoms with Gasteiger partial charge in [-0.2, -0.15) is 0 Å². The molecule has 1 aliphatic heterocycles. The summed E-state index contributed by atoms with van der Waals surface area (Å²) in [7, 11) is 0. The van der Waals surface area contributed by atoms with E-state index in [0.29, 0.717) is 24.5 Å². The molecule has 2 aromatic rings. The maximum atomic E-state index is 13.8. The molecule has 0 bridgehead atoms. The molecule has 3 rings (SSSR count). The molecule has 148 valence electrons. The second-order valence-corrected chi connectivity index (χ2v) is 6.71. The minimum absolute atomic E-state index is 0.167. The Kier molecular flexibility index (Phi) is 5.96. The number of halogens is 2. The van der Waals surface area contributed by atoms with Crippen molar-refractivity contribution in [3.05, 3.63) is 47.4 Å². The normalized spacial score (nSPS) is 15.0. The average Bonchev–Trinajstić information content (AvgIpc) is 2.98. The summed E-state index contributed by atoms with van der Waals surface area (Å²) in [4.78, 5) is 30.1. The number of aromatic nitrogens is 1. The molecule has 0 saturated carbocycles. The van der Waals surface area contributed by atoms with E-state index in [1.165, 1.54) is 11.1 Å². The van der Waals surface area contributed by atoms with E-state index in [2.05, 4.69) is 4.98 Å². The van der Waals surface area contributed by atoms with Crippen LogP contribution in [-0.4, -0.2) is 52.7 Å². The lowest BCUT2D eigenvalue weighted by molar-refractivity contribution is -0.137. The number of carbonyl (C=O) groups is 2. The van der Waals surface area contributed by atoms with Gasteiger partial charge in [-0.1, -0.05) is 11.6 Å². The Bertz CT molecular complexity index is 880. The van der Waals surface area contributed by atoms with Crippen molar-refractivity contribution in [2.24, 2.45) is 5.73 Å². The molecule has 2 heterocycles. The Morgan fingerprint density at radius 3 is 2.71 bits per heavy atom. The maximum absolute atomic E-state index is 13.8. The fourth-order valence-corrected chi connectivity index (χ4v) is 2.99. The number of urea groups is 1. The fraction of sp³-hybridized carbons (Fsp3) is 0.278. The zero-order valence-electron chi connectivity index (χ0n) is 14.7. The summed E-state index contributed by atoms with van der Waals surface area (Å²) in [5.74, 6) is -1.53. The van der Waals surface area contributed by atoms with Gasteiger partial charge >= 0.3 is 12.0 Å². The lowest BCUT2D eigenvalue weighted by Gasteiger charge is -2.21. The van der Waals surface area contributed by atoms with Gasteiger partial charge in [0.05, 0.1) is 11.4 Å². The molecule has 1 aromatic heterocycles. The number of carboxylic acids is 1. The molecule has 0 unspecified atom stereocenters. The summed E-state index contributed by atoms with van der Waals surface area (Å²) in [5.41, 5.74) is 6.40. The third kappa shape index (κ3) is 4.68. The predicted molar refractivity (Wildman–Crippen MR) is 100 cm³/mol. The van der Waals surface area contributed by atoms with Crippen LogP contribution in [-0.2, 0) is 4.79 Å². The number of aliphatic carboxylic acids is 1. The summed E-state index contributed by atoms with van der Waals surface area (Å²) < 4.78 is 19.1. The molecule has 1 aliphatic rings. The number of nitrogens with zero attached hydrogens (tertiary/aromatic N) is 3. The van der Waals surface area contributed by atoms with Gasteiger partial charge < -0.3 is 20.5 Å². The van der Waals surface area contributed by atoms with Crippen LogP contribution < -0.4 is 15.4 Å². The lowest BCUT2D eigenvalue weighted by atomic mass is 10.2. The molecule has 1 atom stereocenters. The fourth-order valence-electron chi connectivity index (χ4n) is 2.85. The number of pyridine rings is 1. The van der Waals surface area contributed by atoms with Crippen LogP contribution in [0.3, 0.4) is 0 Å². The summed E-state index contributed by atoms with van der Waals surface area (Å²) in [6.07, 6.45) is 1.08. The van der Waals surface area contributed by atoms with Crippen LogP contribution in [0.1, 0.15) is 6.42 Å².